The van der Waals surface area contributed by atoms with Gasteiger partial charge in [-0.1, -0.05) is 29.3 Å². The van der Waals surface area contributed by atoms with Crippen LogP contribution in [0.4, 0.5) is 0 Å². The van der Waals surface area contributed by atoms with Crippen molar-refractivity contribution in [1.29, 1.82) is 5.26 Å². The number of aliphatic carboxylic acids is 1. The number of aromatic nitrogens is 1. The number of carbonyl (C=O) groups is 2. The summed E-state index contributed by atoms with van der Waals surface area (Å²) in [6, 6.07) is 6.59. The number of aromatic hydroxyl groups is 1. The van der Waals surface area contributed by atoms with Gasteiger partial charge in [0.15, 0.2) is 11.5 Å². The molecule has 0 radical (unpaired) electrons. The molecule has 134 valence electrons. The number of halogens is 2. The number of pyridine rings is 1. The van der Waals surface area contributed by atoms with Crippen LogP contribution in [0.5, 0.6) is 5.75 Å². The third-order valence-corrected chi connectivity index (χ3v) is 4.61. The van der Waals surface area contributed by atoms with E-state index >= 15 is 0 Å². The molecule has 0 aliphatic carbocycles. The van der Waals surface area contributed by atoms with Gasteiger partial charge in [-0.3, -0.25) is 9.59 Å². The predicted molar refractivity (Wildman–Crippen MR) is 95.8 cm³/mol. The summed E-state index contributed by atoms with van der Waals surface area (Å²) in [5, 5.41) is 28.8. The molecular formula is C18H14Cl2N2O4. The summed E-state index contributed by atoms with van der Waals surface area (Å²) in [4.78, 5) is 26.9. The Balaban J connectivity index is 2.46. The molecule has 0 saturated carbocycles. The van der Waals surface area contributed by atoms with Crippen LogP contribution in [0.25, 0.3) is 0 Å². The molecule has 2 rings (SSSR count). The fourth-order valence-corrected chi connectivity index (χ4v) is 2.86. The highest BCUT2D eigenvalue weighted by atomic mass is 35.5. The lowest BCUT2D eigenvalue weighted by molar-refractivity contribution is -0.136. The van der Waals surface area contributed by atoms with Crippen LogP contribution in [0.1, 0.15) is 45.7 Å². The second-order valence-corrected chi connectivity index (χ2v) is 6.41. The standard InChI is InChI=1S/C18H14Cl2N2O4/c1-9-2-3-13(19)12(16(9)20)7-11-6-10(8-21)18(26)17(22-11)14(23)4-5-15(24)25/h2-3,6,26H,4-5,7H2,1H3,(H,24,25). The number of carboxylic acids is 1. The Labute approximate surface area is 159 Å². The molecule has 6 nitrogen and oxygen atoms in total. The molecule has 0 spiro atoms. The number of benzene rings is 1. The lowest BCUT2D eigenvalue weighted by Gasteiger charge is -2.11. The van der Waals surface area contributed by atoms with Crippen LogP contribution in [0.3, 0.4) is 0 Å². The molecule has 1 aromatic heterocycles. The van der Waals surface area contributed by atoms with Crippen LogP contribution < -0.4 is 0 Å². The Morgan fingerprint density at radius 2 is 1.96 bits per heavy atom. The van der Waals surface area contributed by atoms with Gasteiger partial charge < -0.3 is 10.2 Å². The number of rotatable bonds is 6. The largest absolute Gasteiger partial charge is 0.504 e. The van der Waals surface area contributed by atoms with Crippen molar-refractivity contribution in [3.05, 3.63) is 56.3 Å². The number of carboxylic acid groups (broad SMARTS) is 1. The number of nitriles is 1. The number of aryl methyl sites for hydroxylation is 1. The minimum Gasteiger partial charge on any atom is -0.504 e. The monoisotopic (exact) mass is 392 g/mol. The van der Waals surface area contributed by atoms with Crippen molar-refractivity contribution in [2.75, 3.05) is 0 Å². The maximum Gasteiger partial charge on any atom is 0.303 e. The average molecular weight is 393 g/mol. The topological polar surface area (TPSA) is 111 Å². The van der Waals surface area contributed by atoms with Crippen LogP contribution in [-0.4, -0.2) is 26.9 Å². The number of ketones is 1. The zero-order chi connectivity index (χ0) is 19.4. The van der Waals surface area contributed by atoms with E-state index in [9.17, 15) is 20.0 Å². The van der Waals surface area contributed by atoms with Crippen LogP contribution in [0.15, 0.2) is 18.2 Å². The SMILES string of the molecule is Cc1ccc(Cl)c(Cc2cc(C#N)c(O)c(C(=O)CCC(=O)O)n2)c1Cl. The van der Waals surface area contributed by atoms with Gasteiger partial charge in [0.1, 0.15) is 11.8 Å². The third kappa shape index (κ3) is 4.31. The first-order valence-corrected chi connectivity index (χ1v) is 8.31. The smallest absolute Gasteiger partial charge is 0.303 e. The molecule has 1 aromatic carbocycles. The summed E-state index contributed by atoms with van der Waals surface area (Å²) in [5.41, 5.74) is 1.24. The van der Waals surface area contributed by atoms with Crippen LogP contribution >= 0.6 is 23.2 Å². The van der Waals surface area contributed by atoms with Crippen molar-refractivity contribution in [3.8, 4) is 11.8 Å². The second-order valence-electron chi connectivity index (χ2n) is 5.62. The number of hydrogen-bond acceptors (Lipinski definition) is 5. The quantitative estimate of drug-likeness (QED) is 0.720. The molecule has 26 heavy (non-hydrogen) atoms. The molecular weight excluding hydrogens is 379 g/mol. The zero-order valence-corrected chi connectivity index (χ0v) is 15.2. The maximum atomic E-state index is 12.2. The van der Waals surface area contributed by atoms with E-state index < -0.39 is 23.9 Å². The summed E-state index contributed by atoms with van der Waals surface area (Å²) >= 11 is 12.5. The molecule has 8 heteroatoms. The van der Waals surface area contributed by atoms with Gasteiger partial charge in [-0.2, -0.15) is 5.26 Å². The number of Topliss-reactive ketones (excluding diaryl/α,β-unsaturated/α-hetero) is 1. The number of hydrogen-bond donors (Lipinski definition) is 2. The van der Waals surface area contributed by atoms with Crippen molar-refractivity contribution >= 4 is 35.0 Å². The normalized spacial score (nSPS) is 10.4. The first-order chi connectivity index (χ1) is 12.2. The molecule has 2 aromatic rings. The van der Waals surface area contributed by atoms with Crippen molar-refractivity contribution in [3.63, 3.8) is 0 Å². The van der Waals surface area contributed by atoms with E-state index in [0.29, 0.717) is 21.3 Å². The Bertz CT molecular complexity index is 936. The third-order valence-electron chi connectivity index (χ3n) is 3.73. The minimum absolute atomic E-state index is 0.131. The fourth-order valence-electron chi connectivity index (χ4n) is 2.36. The van der Waals surface area contributed by atoms with E-state index in [1.165, 1.54) is 6.07 Å². The van der Waals surface area contributed by atoms with Gasteiger partial charge in [0.05, 0.1) is 12.0 Å². The van der Waals surface area contributed by atoms with Crippen molar-refractivity contribution in [2.45, 2.75) is 26.2 Å². The molecule has 0 aliphatic rings. The van der Waals surface area contributed by atoms with E-state index in [1.807, 2.05) is 6.92 Å². The number of nitrogens with zero attached hydrogens (tertiary/aromatic N) is 2. The summed E-state index contributed by atoms with van der Waals surface area (Å²) in [6.07, 6.45) is -0.592. The highest BCUT2D eigenvalue weighted by Gasteiger charge is 2.20. The molecule has 0 saturated heterocycles. The van der Waals surface area contributed by atoms with Gasteiger partial charge in [0.25, 0.3) is 0 Å². The van der Waals surface area contributed by atoms with Crippen LogP contribution in [0, 0.1) is 18.3 Å². The summed E-state index contributed by atoms with van der Waals surface area (Å²) in [5.74, 6) is -2.37. The lowest BCUT2D eigenvalue weighted by Crippen LogP contribution is -2.09. The Morgan fingerprint density at radius 3 is 2.58 bits per heavy atom. The van der Waals surface area contributed by atoms with Gasteiger partial charge in [0.2, 0.25) is 0 Å². The molecule has 2 N–H and O–H groups in total. The summed E-state index contributed by atoms with van der Waals surface area (Å²) in [7, 11) is 0. The van der Waals surface area contributed by atoms with E-state index in [0.717, 1.165) is 5.56 Å². The van der Waals surface area contributed by atoms with E-state index in [1.54, 1.807) is 18.2 Å². The highest BCUT2D eigenvalue weighted by Crippen LogP contribution is 2.31. The van der Waals surface area contributed by atoms with Crippen molar-refractivity contribution in [2.24, 2.45) is 0 Å². The Morgan fingerprint density at radius 1 is 1.27 bits per heavy atom. The number of carbonyl (C=O) groups excluding carboxylic acids is 1. The maximum absolute atomic E-state index is 12.2. The molecule has 0 atom stereocenters. The highest BCUT2D eigenvalue weighted by molar-refractivity contribution is 6.36. The summed E-state index contributed by atoms with van der Waals surface area (Å²) < 4.78 is 0. The van der Waals surface area contributed by atoms with Crippen LogP contribution in [-0.2, 0) is 11.2 Å². The minimum atomic E-state index is -1.15. The van der Waals surface area contributed by atoms with Gasteiger partial charge in [-0.05, 0) is 30.2 Å². The van der Waals surface area contributed by atoms with Gasteiger partial charge >= 0.3 is 5.97 Å². The molecule has 0 bridgehead atoms. The first kappa shape index (κ1) is 19.7. The molecule has 1 heterocycles. The Hall–Kier alpha value is -2.62. The molecule has 0 amide bonds. The van der Waals surface area contributed by atoms with Crippen LogP contribution in [0.2, 0.25) is 10.0 Å². The Kier molecular flexibility index (Phi) is 6.19. The zero-order valence-electron chi connectivity index (χ0n) is 13.7. The average Bonchev–Trinajstić information content (AvgIpc) is 2.60. The van der Waals surface area contributed by atoms with E-state index in [2.05, 4.69) is 4.98 Å². The van der Waals surface area contributed by atoms with Gasteiger partial charge in [-0.25, -0.2) is 4.98 Å². The summed E-state index contributed by atoms with van der Waals surface area (Å²) in [6.45, 7) is 1.81. The van der Waals surface area contributed by atoms with Gasteiger partial charge in [-0.15, -0.1) is 0 Å². The predicted octanol–water partition coefficient (Wildman–Crippen LogP) is 3.91. The van der Waals surface area contributed by atoms with Crippen molar-refractivity contribution in [1.82, 2.24) is 4.98 Å². The molecule has 0 unspecified atom stereocenters. The van der Waals surface area contributed by atoms with Gasteiger partial charge in [0, 0.05) is 28.6 Å². The molecule has 0 aliphatic heterocycles. The fraction of sp³-hybridized carbons (Fsp3) is 0.222. The van der Waals surface area contributed by atoms with Crippen molar-refractivity contribution < 1.29 is 19.8 Å². The van der Waals surface area contributed by atoms with E-state index in [4.69, 9.17) is 28.3 Å². The lowest BCUT2D eigenvalue weighted by atomic mass is 10.0. The first-order valence-electron chi connectivity index (χ1n) is 7.56. The molecule has 0 fully saturated rings. The second kappa shape index (κ2) is 8.17. The van der Waals surface area contributed by atoms with E-state index in [-0.39, 0.29) is 24.1 Å².